The lowest BCUT2D eigenvalue weighted by atomic mass is 9.87. The second-order valence-electron chi connectivity index (χ2n) is 32.8. The summed E-state index contributed by atoms with van der Waals surface area (Å²) in [6.07, 6.45) is 17.3. The maximum absolute atomic E-state index is 9.06. The fourth-order valence-corrected chi connectivity index (χ4v) is 38.6. The molecular weight excluding hydrogens is 2040 g/mol. The largest absolute Gasteiger partial charge is 0.527 e. The van der Waals surface area contributed by atoms with Gasteiger partial charge in [-0.15, -0.1) is 0 Å². The first-order valence-corrected chi connectivity index (χ1v) is 72.5. The number of hydrogen-bond donors (Lipinski definition) is 3. The van der Waals surface area contributed by atoms with E-state index in [9.17, 15) is 0 Å². The second-order valence-corrected chi connectivity index (χ2v) is 61.4. The minimum Gasteiger partial charge on any atom is -0.395 e. The van der Waals surface area contributed by atoms with Crippen molar-refractivity contribution < 1.29 is 177 Å². The molecule has 3 saturated heterocycles. The van der Waals surface area contributed by atoms with Crippen LogP contribution in [0.4, 0.5) is 0 Å². The van der Waals surface area contributed by atoms with Crippen LogP contribution in [0, 0.1) is 17.8 Å². The summed E-state index contributed by atoms with van der Waals surface area (Å²) in [4.78, 5) is 2.07. The average molecular weight is 2250 g/mol. The highest BCUT2D eigenvalue weighted by molar-refractivity contribution is 6.67. The molecule has 3 aliphatic heterocycles. The predicted molar refractivity (Wildman–Crippen MR) is 575 cm³/mol. The van der Waals surface area contributed by atoms with E-state index < -0.39 is 88.0 Å². The van der Waals surface area contributed by atoms with E-state index in [2.05, 4.69) is 11.8 Å². The van der Waals surface area contributed by atoms with Gasteiger partial charge in [-0.05, 0) is 227 Å². The fraction of sp³-hybridized carbons (Fsp3) is 1.00. The van der Waals surface area contributed by atoms with Gasteiger partial charge in [-0.3, -0.25) is 0 Å². The Kier molecular flexibility index (Phi) is 101. The molecule has 0 bridgehead atoms. The van der Waals surface area contributed by atoms with Crippen molar-refractivity contribution in [3.8, 4) is 0 Å². The van der Waals surface area contributed by atoms with Crippen LogP contribution in [0.5, 0.6) is 0 Å². The lowest BCUT2D eigenvalue weighted by molar-refractivity contribution is 0.0503. The van der Waals surface area contributed by atoms with E-state index in [0.717, 1.165) is 138 Å². The van der Waals surface area contributed by atoms with Gasteiger partial charge in [0.25, 0.3) is 0 Å². The maximum atomic E-state index is 9.06. The Hall–Kier alpha value is 0.569. The van der Waals surface area contributed by atoms with E-state index in [1.54, 1.807) is 85.3 Å². The molecule has 2 aliphatic carbocycles. The molecule has 0 aromatic carbocycles. The summed E-state index contributed by atoms with van der Waals surface area (Å²) < 4.78 is 198. The van der Waals surface area contributed by atoms with Crippen LogP contribution in [0.25, 0.3) is 0 Å². The topological polar surface area (TPSA) is 406 Å². The number of rotatable bonds is 87. The van der Waals surface area contributed by atoms with Gasteiger partial charge in [-0.1, -0.05) is 26.2 Å². The molecule has 5 aliphatic rings. The molecule has 866 valence electrons. The number of aliphatic hydroxyl groups is 3. The first-order valence-electron chi connectivity index (χ1n) is 53.2. The third kappa shape index (κ3) is 72.2. The summed E-state index contributed by atoms with van der Waals surface area (Å²) in [6.45, 7) is 56.5. The number of ether oxygens (including phenoxy) is 6. The van der Waals surface area contributed by atoms with E-state index in [0.29, 0.717) is 196 Å². The summed E-state index contributed by atoms with van der Waals surface area (Å²) in [7, 11) is -3.27. The third-order valence-corrected chi connectivity index (χ3v) is 52.6. The quantitative estimate of drug-likeness (QED) is 0.0289. The van der Waals surface area contributed by atoms with Crippen molar-refractivity contribution in [2.75, 3.05) is 303 Å². The molecule has 0 radical (unpaired) electrons. The lowest BCUT2D eigenvalue weighted by Crippen LogP contribution is -2.51. The van der Waals surface area contributed by atoms with E-state index in [4.69, 9.17) is 177 Å². The van der Waals surface area contributed by atoms with Crippen molar-refractivity contribution in [2.45, 2.75) is 294 Å². The molecule has 40 nitrogen and oxygen atoms in total. The minimum absolute atomic E-state index is 0.0605. The lowest BCUT2D eigenvalue weighted by Gasteiger charge is -2.33. The Morgan fingerprint density at radius 1 is 0.245 bits per heavy atom. The van der Waals surface area contributed by atoms with Crippen LogP contribution in [-0.2, 0) is 161 Å². The molecular formula is C93H215NO39Si10. The normalized spacial score (nSPS) is 17.3. The second kappa shape index (κ2) is 95.9. The average Bonchev–Trinajstić information content (AvgIpc) is 1.66. The molecule has 0 aromatic heterocycles. The Labute approximate surface area is 879 Å². The minimum atomic E-state index is -2.71. The molecule has 0 amide bonds. The molecule has 50 heteroatoms. The van der Waals surface area contributed by atoms with Gasteiger partial charge >= 0.3 is 88.0 Å². The number of fused-ring (bicyclic) bond motifs is 1. The van der Waals surface area contributed by atoms with Gasteiger partial charge in [-0.25, -0.2) is 0 Å². The summed E-state index contributed by atoms with van der Waals surface area (Å²) in [5.41, 5.74) is 0. The summed E-state index contributed by atoms with van der Waals surface area (Å²) in [5, 5.41) is 26.4. The van der Waals surface area contributed by atoms with Gasteiger partial charge in [0.15, 0.2) is 0 Å². The van der Waals surface area contributed by atoms with Crippen LogP contribution in [0.1, 0.15) is 221 Å². The highest BCUT2D eigenvalue weighted by Gasteiger charge is 2.51. The van der Waals surface area contributed by atoms with Gasteiger partial charge in [0.1, 0.15) is 18.4 Å². The standard InChI is InChI=1S/C15H30O3Si.C14H34O6Si2.C12H26O4Si.C11H26O5Si.C9H23NO4Si.2C9H20O5Si.C7H18O4Si.C7H18O3Si/c1-4-16-19(17-5-2,18-6-3)10-9-13-7-8-14-12-15(14)11-13;1-7-15-21(16-8-2,17-9-3)13-14-22(18-10-4,19-11-5)20-12-6;1-4-14-17(15-5-2,16-6-3)10-8-7-9-12-11-13-12;1-4-14-17(15-5-2,16-6-3)11-7-9-13-10-8-12;1-10(7-8-11)6-5-9-15(12-2,13-3)14-4;2*1-10-15(11-2,12-3)6-4-5-13-7-9-8-14-9;1-4-9-12(7-8,10-5-2)11-6-3;1-5-6-7-11(8-2,9-3)10-4/h13-15H,4-12H2,1-3H3;7-14H2,1-6H3;2*12H,4-11H2,1-3H3;11H,5-9H2,1-4H3;2*9H,4-8H2,1-3H3;8H,4-7H2,1-3H3;5-7H2,1-4H3. The highest BCUT2D eigenvalue weighted by Crippen LogP contribution is 2.52. The van der Waals surface area contributed by atoms with E-state index in [1.807, 2.05) is 132 Å². The molecule has 143 heavy (non-hydrogen) atoms. The first kappa shape index (κ1) is 150. The zero-order chi connectivity index (χ0) is 108. The molecule has 0 spiro atoms. The van der Waals surface area contributed by atoms with Crippen molar-refractivity contribution in [3.05, 3.63) is 0 Å². The van der Waals surface area contributed by atoms with Crippen LogP contribution in [0.2, 0.25) is 54.4 Å². The highest BCUT2D eigenvalue weighted by atomic mass is 28.4. The van der Waals surface area contributed by atoms with Crippen molar-refractivity contribution in [3.63, 3.8) is 0 Å². The number of aliphatic hydroxyl groups excluding tert-OH is 3. The molecule has 3 N–H and O–H groups in total. The van der Waals surface area contributed by atoms with Crippen LogP contribution < -0.4 is 0 Å². The Morgan fingerprint density at radius 3 is 0.776 bits per heavy atom. The number of likely N-dealkylation sites (N-methyl/N-ethyl adjacent to an activating group) is 1. The van der Waals surface area contributed by atoms with E-state index in [1.165, 1.54) is 38.5 Å². The van der Waals surface area contributed by atoms with Gasteiger partial charge in [0, 0.05) is 285 Å². The Morgan fingerprint density at radius 2 is 0.510 bits per heavy atom. The maximum Gasteiger partial charge on any atom is 0.527 e. The van der Waals surface area contributed by atoms with Gasteiger partial charge < -0.3 is 181 Å². The number of nitrogens with zero attached hydrogens (tertiary/aromatic N) is 1. The predicted octanol–water partition coefficient (Wildman–Crippen LogP) is 14.7. The smallest absolute Gasteiger partial charge is 0.395 e. The molecule has 2 saturated carbocycles. The van der Waals surface area contributed by atoms with Gasteiger partial charge in [0.2, 0.25) is 0 Å². The van der Waals surface area contributed by atoms with Crippen molar-refractivity contribution in [2.24, 2.45) is 17.8 Å². The van der Waals surface area contributed by atoms with Crippen LogP contribution >= 0.6 is 0 Å². The van der Waals surface area contributed by atoms with Crippen LogP contribution in [0.3, 0.4) is 0 Å². The van der Waals surface area contributed by atoms with Crippen molar-refractivity contribution in [1.29, 1.82) is 0 Å². The zero-order valence-corrected chi connectivity index (χ0v) is 106. The van der Waals surface area contributed by atoms with Gasteiger partial charge in [0.05, 0.1) is 59.0 Å². The Balaban J connectivity index is -0.000000765. The molecule has 0 aromatic rings. The summed E-state index contributed by atoms with van der Waals surface area (Å²) in [6, 6.07) is 7.25. The molecule has 3 heterocycles. The Bertz CT molecular complexity index is 2480. The van der Waals surface area contributed by atoms with Crippen LogP contribution in [0.15, 0.2) is 0 Å². The number of unbranched alkanes of at least 4 members (excludes halogenated alkanes) is 2. The monoisotopic (exact) mass is 2250 g/mol. The van der Waals surface area contributed by atoms with E-state index >= 15 is 0 Å². The molecule has 6 atom stereocenters. The summed E-state index contributed by atoms with van der Waals surface area (Å²) >= 11 is 0. The van der Waals surface area contributed by atoms with E-state index in [-0.39, 0.29) is 19.4 Å². The number of epoxide rings is 3. The van der Waals surface area contributed by atoms with Gasteiger partial charge in [-0.2, -0.15) is 0 Å². The fourth-order valence-electron chi connectivity index (χ4n) is 15.3. The molecule has 5 rings (SSSR count). The van der Waals surface area contributed by atoms with Crippen LogP contribution in [-0.4, -0.2) is 430 Å². The van der Waals surface area contributed by atoms with Crippen molar-refractivity contribution >= 4 is 88.0 Å². The number of hydrogen-bond acceptors (Lipinski definition) is 40. The third-order valence-electron chi connectivity index (χ3n) is 22.7. The molecule has 6 unspecified atom stereocenters. The SMILES string of the molecule is CCCC[Si](OC)(OC)OC.CCO[Si](CCC1CCC2CC2C1)(OCC)OCC.CCO[Si](CCCCC1CO1)(OCC)OCC.CCO[Si](CCCOCCO)(OCC)OCC.CCO[Si](CC[Si](OCC)(OCC)OCC)(OCC)OCC.CCO[Si](CO)(OCC)OCC.CO[Si](CCCN(C)CCO)(OC)OC.CO[Si](CCCOCC1CO1)(OC)OC.CO[Si](CCCOCC1CO1)(OC)OC. The van der Waals surface area contributed by atoms with Crippen molar-refractivity contribution in [1.82, 2.24) is 4.90 Å². The summed E-state index contributed by atoms with van der Waals surface area (Å²) in [5.74, 6) is 3.03. The first-order chi connectivity index (χ1) is 68.9. The molecule has 5 fully saturated rings. The zero-order valence-electron chi connectivity index (χ0n) is 95.8.